The van der Waals surface area contributed by atoms with Gasteiger partial charge in [-0.05, 0) is 24.5 Å². The molecule has 2 atom stereocenters. The second-order valence-electron chi connectivity index (χ2n) is 2.83. The van der Waals surface area contributed by atoms with Crippen LogP contribution in [0.5, 0.6) is 0 Å². The van der Waals surface area contributed by atoms with Crippen molar-refractivity contribution in [1.82, 2.24) is 0 Å². The SMILES string of the molecule is CC1C=COC(/C=C/CO)C1. The number of ether oxygens (including phenoxy) is 1. The van der Waals surface area contributed by atoms with E-state index in [0.717, 1.165) is 6.42 Å². The summed E-state index contributed by atoms with van der Waals surface area (Å²) in [5, 5.41) is 8.50. The van der Waals surface area contributed by atoms with Gasteiger partial charge in [0.2, 0.25) is 0 Å². The molecule has 1 N–H and O–H groups in total. The Morgan fingerprint density at radius 2 is 2.55 bits per heavy atom. The number of hydrogen-bond acceptors (Lipinski definition) is 2. The Morgan fingerprint density at radius 3 is 3.18 bits per heavy atom. The van der Waals surface area contributed by atoms with Gasteiger partial charge in [0.05, 0.1) is 12.9 Å². The minimum atomic E-state index is 0.0952. The Morgan fingerprint density at radius 1 is 1.73 bits per heavy atom. The average molecular weight is 154 g/mol. The summed E-state index contributed by atoms with van der Waals surface area (Å²) in [5.74, 6) is 0.581. The van der Waals surface area contributed by atoms with Crippen LogP contribution in [-0.2, 0) is 4.74 Å². The molecule has 0 spiro atoms. The van der Waals surface area contributed by atoms with Gasteiger partial charge in [0.25, 0.3) is 0 Å². The largest absolute Gasteiger partial charge is 0.494 e. The summed E-state index contributed by atoms with van der Waals surface area (Å²) in [6.45, 7) is 2.25. The fourth-order valence-corrected chi connectivity index (χ4v) is 1.12. The molecule has 2 heteroatoms. The first-order valence-corrected chi connectivity index (χ1v) is 3.92. The smallest absolute Gasteiger partial charge is 0.117 e. The third-order valence-electron chi connectivity index (χ3n) is 1.72. The van der Waals surface area contributed by atoms with Crippen molar-refractivity contribution in [3.05, 3.63) is 24.5 Å². The maximum atomic E-state index is 8.50. The van der Waals surface area contributed by atoms with Crippen LogP contribution in [0.4, 0.5) is 0 Å². The van der Waals surface area contributed by atoms with Crippen LogP contribution in [0.2, 0.25) is 0 Å². The van der Waals surface area contributed by atoms with E-state index in [2.05, 4.69) is 6.92 Å². The maximum Gasteiger partial charge on any atom is 0.117 e. The normalized spacial score (nSPS) is 30.7. The molecule has 1 heterocycles. The molecule has 0 amide bonds. The third kappa shape index (κ3) is 2.76. The number of aliphatic hydroxyl groups is 1. The summed E-state index contributed by atoms with van der Waals surface area (Å²) < 4.78 is 5.27. The minimum Gasteiger partial charge on any atom is -0.494 e. The van der Waals surface area contributed by atoms with Crippen molar-refractivity contribution in [3.8, 4) is 0 Å². The van der Waals surface area contributed by atoms with E-state index in [0.29, 0.717) is 5.92 Å². The molecule has 0 aliphatic carbocycles. The topological polar surface area (TPSA) is 29.5 Å². The quantitative estimate of drug-likeness (QED) is 0.610. The lowest BCUT2D eigenvalue weighted by Crippen LogP contribution is -2.14. The fraction of sp³-hybridized carbons (Fsp3) is 0.556. The van der Waals surface area contributed by atoms with Gasteiger partial charge in [-0.1, -0.05) is 13.0 Å². The zero-order valence-electron chi connectivity index (χ0n) is 6.73. The van der Waals surface area contributed by atoms with Crippen LogP contribution in [0.25, 0.3) is 0 Å². The molecule has 1 aliphatic rings. The maximum absolute atomic E-state index is 8.50. The van der Waals surface area contributed by atoms with Crippen molar-refractivity contribution >= 4 is 0 Å². The summed E-state index contributed by atoms with van der Waals surface area (Å²) in [5.41, 5.74) is 0. The van der Waals surface area contributed by atoms with Gasteiger partial charge in [0.1, 0.15) is 6.10 Å². The van der Waals surface area contributed by atoms with Gasteiger partial charge < -0.3 is 9.84 Å². The molecule has 1 rings (SSSR count). The minimum absolute atomic E-state index is 0.0952. The first kappa shape index (κ1) is 8.34. The van der Waals surface area contributed by atoms with Gasteiger partial charge in [-0.25, -0.2) is 0 Å². The lowest BCUT2D eigenvalue weighted by atomic mass is 10.0. The summed E-state index contributed by atoms with van der Waals surface area (Å²) >= 11 is 0. The molecule has 2 nitrogen and oxygen atoms in total. The molecule has 11 heavy (non-hydrogen) atoms. The molecule has 0 aromatic carbocycles. The molecule has 0 saturated heterocycles. The van der Waals surface area contributed by atoms with E-state index >= 15 is 0 Å². The van der Waals surface area contributed by atoms with E-state index < -0.39 is 0 Å². The molecule has 0 bridgehead atoms. The Kier molecular flexibility index (Phi) is 3.17. The van der Waals surface area contributed by atoms with Gasteiger partial charge in [-0.3, -0.25) is 0 Å². The van der Waals surface area contributed by atoms with Gasteiger partial charge in [-0.2, -0.15) is 0 Å². The van der Waals surface area contributed by atoms with Crippen LogP contribution in [0.1, 0.15) is 13.3 Å². The van der Waals surface area contributed by atoms with Gasteiger partial charge in [0, 0.05) is 0 Å². The number of hydrogen-bond donors (Lipinski definition) is 1. The first-order chi connectivity index (χ1) is 5.33. The van der Waals surface area contributed by atoms with Crippen molar-refractivity contribution in [1.29, 1.82) is 0 Å². The Hall–Kier alpha value is -0.760. The van der Waals surface area contributed by atoms with Gasteiger partial charge in [0.15, 0.2) is 0 Å². The second kappa shape index (κ2) is 4.19. The summed E-state index contributed by atoms with van der Waals surface area (Å²) in [6, 6.07) is 0. The molecule has 0 aromatic rings. The fourth-order valence-electron chi connectivity index (χ4n) is 1.12. The van der Waals surface area contributed by atoms with E-state index in [1.165, 1.54) is 0 Å². The van der Waals surface area contributed by atoms with Crippen LogP contribution >= 0.6 is 0 Å². The van der Waals surface area contributed by atoms with E-state index in [-0.39, 0.29) is 12.7 Å². The monoisotopic (exact) mass is 154 g/mol. The summed E-state index contributed by atoms with van der Waals surface area (Å²) in [6.07, 6.45) is 8.56. The Labute approximate surface area is 67.2 Å². The molecule has 0 fully saturated rings. The molecule has 0 saturated carbocycles. The highest BCUT2D eigenvalue weighted by atomic mass is 16.5. The molecule has 62 valence electrons. The average Bonchev–Trinajstić information content (AvgIpc) is 2.01. The Balaban J connectivity index is 2.37. The van der Waals surface area contributed by atoms with Crippen LogP contribution in [-0.4, -0.2) is 17.8 Å². The van der Waals surface area contributed by atoms with Crippen molar-refractivity contribution in [2.75, 3.05) is 6.61 Å². The molecular formula is C9H14O2. The van der Waals surface area contributed by atoms with Crippen LogP contribution in [0, 0.1) is 5.92 Å². The zero-order valence-corrected chi connectivity index (χ0v) is 6.73. The first-order valence-electron chi connectivity index (χ1n) is 3.92. The van der Waals surface area contributed by atoms with Crippen molar-refractivity contribution in [3.63, 3.8) is 0 Å². The molecule has 2 unspecified atom stereocenters. The third-order valence-corrected chi connectivity index (χ3v) is 1.72. The van der Waals surface area contributed by atoms with E-state index in [4.69, 9.17) is 9.84 Å². The van der Waals surface area contributed by atoms with Crippen LogP contribution in [0.3, 0.4) is 0 Å². The highest BCUT2D eigenvalue weighted by Crippen LogP contribution is 2.16. The lowest BCUT2D eigenvalue weighted by Gasteiger charge is -2.20. The summed E-state index contributed by atoms with van der Waals surface area (Å²) in [7, 11) is 0. The summed E-state index contributed by atoms with van der Waals surface area (Å²) in [4.78, 5) is 0. The predicted octanol–water partition coefficient (Wildman–Crippen LogP) is 1.47. The van der Waals surface area contributed by atoms with Crippen LogP contribution < -0.4 is 0 Å². The standard InChI is InChI=1S/C9H14O2/c1-8-4-6-11-9(7-8)3-2-5-10/h2-4,6,8-10H,5,7H2,1H3/b3-2+. The Bertz CT molecular complexity index is 161. The van der Waals surface area contributed by atoms with Crippen LogP contribution in [0.15, 0.2) is 24.5 Å². The van der Waals surface area contributed by atoms with Gasteiger partial charge >= 0.3 is 0 Å². The molecule has 1 aliphatic heterocycles. The lowest BCUT2D eigenvalue weighted by molar-refractivity contribution is 0.148. The highest BCUT2D eigenvalue weighted by Gasteiger charge is 2.11. The van der Waals surface area contributed by atoms with Gasteiger partial charge in [-0.15, -0.1) is 0 Å². The number of allylic oxidation sites excluding steroid dienone is 1. The molecule has 0 radical (unpaired) electrons. The van der Waals surface area contributed by atoms with E-state index in [1.54, 1.807) is 12.3 Å². The van der Waals surface area contributed by atoms with Crippen molar-refractivity contribution in [2.24, 2.45) is 5.92 Å². The molecule has 0 aromatic heterocycles. The van der Waals surface area contributed by atoms with Crippen molar-refractivity contribution in [2.45, 2.75) is 19.4 Å². The number of aliphatic hydroxyl groups excluding tert-OH is 1. The van der Waals surface area contributed by atoms with Crippen molar-refractivity contribution < 1.29 is 9.84 Å². The van der Waals surface area contributed by atoms with E-state index in [9.17, 15) is 0 Å². The number of rotatable bonds is 2. The second-order valence-corrected chi connectivity index (χ2v) is 2.83. The predicted molar refractivity (Wildman–Crippen MR) is 44.0 cm³/mol. The van der Waals surface area contributed by atoms with E-state index in [1.807, 2.05) is 12.2 Å². The highest BCUT2D eigenvalue weighted by molar-refractivity contribution is 4.97. The zero-order chi connectivity index (χ0) is 8.10. The molecular weight excluding hydrogens is 140 g/mol.